The van der Waals surface area contributed by atoms with Crippen molar-refractivity contribution < 1.29 is 23.7 Å². The molecule has 0 saturated carbocycles. The third kappa shape index (κ3) is 3.98. The first-order valence-electron chi connectivity index (χ1n) is 10.5. The highest BCUT2D eigenvalue weighted by Gasteiger charge is 2.26. The van der Waals surface area contributed by atoms with E-state index in [1.807, 2.05) is 24.3 Å². The van der Waals surface area contributed by atoms with Crippen molar-refractivity contribution in [3.63, 3.8) is 0 Å². The van der Waals surface area contributed by atoms with Gasteiger partial charge in [0.25, 0.3) is 0 Å². The van der Waals surface area contributed by atoms with Crippen LogP contribution >= 0.6 is 0 Å². The van der Waals surface area contributed by atoms with Gasteiger partial charge in [0, 0.05) is 24.4 Å². The van der Waals surface area contributed by atoms with Crippen LogP contribution in [0.15, 0.2) is 54.6 Å². The molecule has 0 radical (unpaired) electrons. The van der Waals surface area contributed by atoms with Gasteiger partial charge in [-0.05, 0) is 25.0 Å². The van der Waals surface area contributed by atoms with Gasteiger partial charge in [-0.25, -0.2) is 0 Å². The van der Waals surface area contributed by atoms with Crippen molar-refractivity contribution in [3.05, 3.63) is 71.4 Å². The zero-order valence-corrected chi connectivity index (χ0v) is 17.7. The van der Waals surface area contributed by atoms with Crippen molar-refractivity contribution in [3.8, 4) is 5.75 Å². The van der Waals surface area contributed by atoms with E-state index in [9.17, 15) is 0 Å². The van der Waals surface area contributed by atoms with E-state index in [4.69, 9.17) is 23.7 Å². The molecule has 2 aromatic heterocycles. The number of hydrogen-bond donors (Lipinski definition) is 0. The lowest BCUT2D eigenvalue weighted by Gasteiger charge is -2.21. The van der Waals surface area contributed by atoms with Gasteiger partial charge in [-0.1, -0.05) is 30.3 Å². The second kappa shape index (κ2) is 8.61. The summed E-state index contributed by atoms with van der Waals surface area (Å²) < 4.78 is 31.2. The lowest BCUT2D eigenvalue weighted by molar-refractivity contribution is -0.0520. The van der Waals surface area contributed by atoms with E-state index in [1.165, 1.54) is 0 Å². The molecule has 0 aliphatic carbocycles. The first kappa shape index (κ1) is 19.9. The van der Waals surface area contributed by atoms with Gasteiger partial charge in [0.1, 0.15) is 17.5 Å². The summed E-state index contributed by atoms with van der Waals surface area (Å²) in [6.45, 7) is 6.21. The van der Waals surface area contributed by atoms with Gasteiger partial charge in [-0.15, -0.1) is 0 Å². The fraction of sp³-hybridized carbons (Fsp3) is 0.375. The zero-order valence-electron chi connectivity index (χ0n) is 17.7. The van der Waals surface area contributed by atoms with E-state index in [2.05, 4.69) is 35.5 Å². The molecule has 31 heavy (non-hydrogen) atoms. The summed E-state index contributed by atoms with van der Waals surface area (Å²) in [5.41, 5.74) is 5.26. The molecule has 0 N–H and O–H groups in total. The number of benzene rings is 1. The van der Waals surface area contributed by atoms with Crippen molar-refractivity contribution in [2.45, 2.75) is 39.2 Å². The molecule has 162 valence electrons. The molecule has 1 saturated heterocycles. The molecular weight excluding hydrogens is 396 g/mol. The van der Waals surface area contributed by atoms with E-state index < -0.39 is 0 Å². The summed E-state index contributed by atoms with van der Waals surface area (Å²) in [6, 6.07) is 12.1. The van der Waals surface area contributed by atoms with E-state index >= 15 is 0 Å². The van der Waals surface area contributed by atoms with Crippen LogP contribution in [0.2, 0.25) is 0 Å². The molecule has 2 aliphatic rings. The minimum absolute atomic E-state index is 0.209. The molecule has 3 aromatic rings. The van der Waals surface area contributed by atoms with E-state index in [0.29, 0.717) is 31.9 Å². The molecule has 1 atom stereocenters. The number of aryl methyl sites for hydroxylation is 1. The maximum atomic E-state index is 6.57. The molecule has 2 aliphatic heterocycles. The lowest BCUT2D eigenvalue weighted by Crippen LogP contribution is -2.24. The highest BCUT2D eigenvalue weighted by Crippen LogP contribution is 2.33. The number of pyridine rings is 1. The minimum atomic E-state index is -0.321. The van der Waals surface area contributed by atoms with Gasteiger partial charge in [0.05, 0.1) is 25.3 Å². The van der Waals surface area contributed by atoms with Crippen LogP contribution < -0.4 is 4.74 Å². The van der Waals surface area contributed by atoms with E-state index in [-0.39, 0.29) is 19.2 Å². The van der Waals surface area contributed by atoms with Crippen molar-refractivity contribution in [1.29, 1.82) is 0 Å². The average Bonchev–Trinajstić information content (AvgIpc) is 3.54. The summed E-state index contributed by atoms with van der Waals surface area (Å²) in [5.74, 6) is 1.43. The van der Waals surface area contributed by atoms with E-state index in [1.54, 1.807) is 12.5 Å². The van der Waals surface area contributed by atoms with Crippen molar-refractivity contribution >= 4 is 11.0 Å². The SMILES string of the molecule is Cc1c(C)n(CC2OCCO2)c2c(OC(Cc3ccccc3)C3=COCO3)ccnc12. The van der Waals surface area contributed by atoms with Crippen molar-refractivity contribution in [1.82, 2.24) is 9.55 Å². The third-order valence-electron chi connectivity index (χ3n) is 5.83. The summed E-state index contributed by atoms with van der Waals surface area (Å²) in [6.07, 6.45) is 3.50. The topological polar surface area (TPSA) is 64.0 Å². The van der Waals surface area contributed by atoms with Crippen LogP contribution in [-0.2, 0) is 31.9 Å². The molecule has 7 heteroatoms. The third-order valence-corrected chi connectivity index (χ3v) is 5.83. The second-order valence-electron chi connectivity index (χ2n) is 7.74. The number of aromatic nitrogens is 2. The van der Waals surface area contributed by atoms with Gasteiger partial charge >= 0.3 is 0 Å². The molecule has 4 heterocycles. The Bertz CT molecular complexity index is 1090. The van der Waals surface area contributed by atoms with Gasteiger partial charge in [0.2, 0.25) is 6.79 Å². The monoisotopic (exact) mass is 422 g/mol. The van der Waals surface area contributed by atoms with Crippen LogP contribution in [0.3, 0.4) is 0 Å². The van der Waals surface area contributed by atoms with Crippen LogP contribution in [0.5, 0.6) is 5.75 Å². The Hall–Kier alpha value is -3.03. The zero-order chi connectivity index (χ0) is 21.2. The second-order valence-corrected chi connectivity index (χ2v) is 7.74. The predicted molar refractivity (Wildman–Crippen MR) is 115 cm³/mol. The molecule has 5 rings (SSSR count). The summed E-state index contributed by atoms with van der Waals surface area (Å²) in [4.78, 5) is 4.63. The number of nitrogens with zero attached hydrogens (tertiary/aromatic N) is 2. The Kier molecular flexibility index (Phi) is 5.53. The Morgan fingerprint density at radius 1 is 1.13 bits per heavy atom. The predicted octanol–water partition coefficient (Wildman–Crippen LogP) is 3.86. The van der Waals surface area contributed by atoms with Gasteiger partial charge in [-0.2, -0.15) is 0 Å². The molecule has 0 amide bonds. The molecule has 7 nitrogen and oxygen atoms in total. The normalized spacial score (nSPS) is 17.4. The van der Waals surface area contributed by atoms with Crippen LogP contribution in [0.4, 0.5) is 0 Å². The van der Waals surface area contributed by atoms with Crippen molar-refractivity contribution in [2.75, 3.05) is 20.0 Å². The summed E-state index contributed by atoms with van der Waals surface area (Å²) in [5, 5.41) is 0. The Balaban J connectivity index is 1.52. The average molecular weight is 422 g/mol. The minimum Gasteiger partial charge on any atom is -0.480 e. The van der Waals surface area contributed by atoms with Crippen LogP contribution in [0.1, 0.15) is 16.8 Å². The number of ether oxygens (including phenoxy) is 5. The summed E-state index contributed by atoms with van der Waals surface area (Å²) >= 11 is 0. The van der Waals surface area contributed by atoms with Gasteiger partial charge in [0.15, 0.2) is 18.2 Å². The smallest absolute Gasteiger partial charge is 0.230 e. The highest BCUT2D eigenvalue weighted by atomic mass is 16.7. The number of hydrogen-bond acceptors (Lipinski definition) is 6. The summed E-state index contributed by atoms with van der Waals surface area (Å²) in [7, 11) is 0. The lowest BCUT2D eigenvalue weighted by atomic mass is 10.1. The first-order chi connectivity index (χ1) is 15.2. The molecular formula is C24H26N2O5. The maximum absolute atomic E-state index is 6.57. The maximum Gasteiger partial charge on any atom is 0.230 e. The first-order valence-corrected chi connectivity index (χ1v) is 10.5. The molecule has 1 fully saturated rings. The fourth-order valence-electron chi connectivity index (χ4n) is 4.10. The molecule has 1 unspecified atom stereocenters. The van der Waals surface area contributed by atoms with E-state index in [0.717, 1.165) is 33.6 Å². The molecule has 1 aromatic carbocycles. The highest BCUT2D eigenvalue weighted by molar-refractivity contribution is 5.86. The van der Waals surface area contributed by atoms with Gasteiger partial charge < -0.3 is 28.3 Å². The molecule has 0 spiro atoms. The quantitative estimate of drug-likeness (QED) is 0.576. The Morgan fingerprint density at radius 2 is 1.94 bits per heavy atom. The largest absolute Gasteiger partial charge is 0.480 e. The van der Waals surface area contributed by atoms with Crippen molar-refractivity contribution in [2.24, 2.45) is 0 Å². The van der Waals surface area contributed by atoms with Crippen LogP contribution in [0.25, 0.3) is 11.0 Å². The standard InChI is InChI=1S/C24H26N2O5/c1-16-17(2)26(13-22-28-10-11-29-22)24-19(8-9-25-23(16)24)31-20(21-14-27-15-30-21)12-18-6-4-3-5-7-18/h3-9,14,20,22H,10-13,15H2,1-2H3. The number of fused-ring (bicyclic) bond motifs is 1. The van der Waals surface area contributed by atoms with Gasteiger partial charge in [-0.3, -0.25) is 4.98 Å². The Labute approximate surface area is 181 Å². The molecule has 0 bridgehead atoms. The van der Waals surface area contributed by atoms with Crippen LogP contribution in [0, 0.1) is 13.8 Å². The number of rotatable bonds is 7. The Morgan fingerprint density at radius 3 is 2.68 bits per heavy atom. The fourth-order valence-corrected chi connectivity index (χ4v) is 4.10. The van der Waals surface area contributed by atoms with Crippen LogP contribution in [-0.4, -0.2) is 42.0 Å².